The van der Waals surface area contributed by atoms with E-state index in [9.17, 15) is 0 Å². The fourth-order valence-corrected chi connectivity index (χ4v) is 1.43. The molecule has 0 bridgehead atoms. The van der Waals surface area contributed by atoms with E-state index in [1.807, 2.05) is 0 Å². The van der Waals surface area contributed by atoms with Crippen molar-refractivity contribution in [2.75, 3.05) is 32.7 Å². The highest BCUT2D eigenvalue weighted by molar-refractivity contribution is 4.68. The Balaban J connectivity index is 3.63. The lowest BCUT2D eigenvalue weighted by atomic mass is 9.96. The van der Waals surface area contributed by atoms with Crippen molar-refractivity contribution in [1.82, 2.24) is 10.2 Å². The van der Waals surface area contributed by atoms with Gasteiger partial charge in [0.1, 0.15) is 0 Å². The van der Waals surface area contributed by atoms with Crippen LogP contribution in [0, 0.1) is 5.41 Å². The van der Waals surface area contributed by atoms with Gasteiger partial charge in [-0.3, -0.25) is 0 Å². The second kappa shape index (κ2) is 6.39. The van der Waals surface area contributed by atoms with Crippen LogP contribution in [0.4, 0.5) is 0 Å². The van der Waals surface area contributed by atoms with Gasteiger partial charge >= 0.3 is 0 Å². The average Bonchev–Trinajstić information content (AvgIpc) is 2.01. The summed E-state index contributed by atoms with van der Waals surface area (Å²) in [4.78, 5) is 2.50. The molecule has 0 atom stereocenters. The fraction of sp³-hybridized carbons (Fsp3) is 1.00. The zero-order chi connectivity index (χ0) is 10.3. The lowest BCUT2D eigenvalue weighted by Crippen LogP contribution is -2.37. The molecule has 2 heteroatoms. The van der Waals surface area contributed by atoms with E-state index in [1.165, 1.54) is 13.1 Å². The first-order valence-corrected chi connectivity index (χ1v) is 5.42. The highest BCUT2D eigenvalue weighted by Gasteiger charge is 2.14. The van der Waals surface area contributed by atoms with Gasteiger partial charge in [-0.2, -0.15) is 0 Å². The molecular formula is C11H26N2. The van der Waals surface area contributed by atoms with E-state index in [0.717, 1.165) is 19.6 Å². The highest BCUT2D eigenvalue weighted by Crippen LogP contribution is 2.14. The van der Waals surface area contributed by atoms with Gasteiger partial charge in [0, 0.05) is 19.6 Å². The number of hydrogen-bond acceptors (Lipinski definition) is 2. The molecule has 0 heterocycles. The molecule has 0 aromatic carbocycles. The lowest BCUT2D eigenvalue weighted by Gasteiger charge is -2.28. The van der Waals surface area contributed by atoms with Crippen LogP contribution in [0.3, 0.4) is 0 Å². The van der Waals surface area contributed by atoms with Crippen molar-refractivity contribution in [2.24, 2.45) is 5.41 Å². The quantitative estimate of drug-likeness (QED) is 0.638. The average molecular weight is 186 g/mol. The molecule has 0 unspecified atom stereocenters. The molecule has 0 aliphatic carbocycles. The maximum absolute atomic E-state index is 3.36. The second-order valence-electron chi connectivity index (χ2n) is 4.78. The van der Waals surface area contributed by atoms with Crippen molar-refractivity contribution in [1.29, 1.82) is 0 Å². The Morgan fingerprint density at radius 1 is 1.15 bits per heavy atom. The van der Waals surface area contributed by atoms with Crippen LogP contribution in [0.5, 0.6) is 0 Å². The largest absolute Gasteiger partial charge is 0.316 e. The van der Waals surface area contributed by atoms with Gasteiger partial charge in [0.25, 0.3) is 0 Å². The Morgan fingerprint density at radius 2 is 1.77 bits per heavy atom. The Bertz CT molecular complexity index is 116. The predicted molar refractivity (Wildman–Crippen MR) is 60.1 cm³/mol. The van der Waals surface area contributed by atoms with Gasteiger partial charge in [0.2, 0.25) is 0 Å². The normalized spacial score (nSPS) is 12.5. The summed E-state index contributed by atoms with van der Waals surface area (Å²) >= 11 is 0. The molecule has 0 amide bonds. The first-order chi connectivity index (χ1) is 5.99. The van der Waals surface area contributed by atoms with Gasteiger partial charge in [-0.1, -0.05) is 34.6 Å². The van der Waals surface area contributed by atoms with Crippen LogP contribution < -0.4 is 5.32 Å². The zero-order valence-corrected chi connectivity index (χ0v) is 9.98. The van der Waals surface area contributed by atoms with E-state index in [2.05, 4.69) is 44.8 Å². The van der Waals surface area contributed by atoms with E-state index >= 15 is 0 Å². The summed E-state index contributed by atoms with van der Waals surface area (Å²) < 4.78 is 0. The molecule has 0 aromatic heterocycles. The molecule has 0 saturated heterocycles. The highest BCUT2D eigenvalue weighted by atomic mass is 15.1. The Labute approximate surface area is 83.7 Å². The minimum Gasteiger partial charge on any atom is -0.316 e. The molecule has 0 aromatic rings. The Hall–Kier alpha value is -0.0800. The Kier molecular flexibility index (Phi) is 6.35. The lowest BCUT2D eigenvalue weighted by molar-refractivity contribution is 0.200. The monoisotopic (exact) mass is 186 g/mol. The van der Waals surface area contributed by atoms with E-state index in [-0.39, 0.29) is 0 Å². The maximum Gasteiger partial charge on any atom is 0.0107 e. The first kappa shape index (κ1) is 12.9. The van der Waals surface area contributed by atoms with Crippen LogP contribution >= 0.6 is 0 Å². The van der Waals surface area contributed by atoms with Gasteiger partial charge in [-0.25, -0.2) is 0 Å². The van der Waals surface area contributed by atoms with Crippen LogP contribution in [0.1, 0.15) is 34.6 Å². The summed E-state index contributed by atoms with van der Waals surface area (Å²) in [6.07, 6.45) is 0. The number of hydrogen-bond donors (Lipinski definition) is 1. The molecule has 80 valence electrons. The molecule has 0 radical (unpaired) electrons. The van der Waals surface area contributed by atoms with Crippen molar-refractivity contribution in [3.8, 4) is 0 Å². The topological polar surface area (TPSA) is 15.3 Å². The zero-order valence-electron chi connectivity index (χ0n) is 9.98. The molecular weight excluding hydrogens is 160 g/mol. The van der Waals surface area contributed by atoms with Crippen molar-refractivity contribution in [2.45, 2.75) is 34.6 Å². The number of nitrogens with one attached hydrogen (secondary N) is 1. The summed E-state index contributed by atoms with van der Waals surface area (Å²) in [5, 5.41) is 3.36. The summed E-state index contributed by atoms with van der Waals surface area (Å²) in [5.74, 6) is 0. The fourth-order valence-electron chi connectivity index (χ4n) is 1.43. The number of rotatable bonds is 6. The van der Waals surface area contributed by atoms with Gasteiger partial charge in [0.15, 0.2) is 0 Å². The maximum atomic E-state index is 3.36. The third-order valence-corrected chi connectivity index (χ3v) is 2.00. The van der Waals surface area contributed by atoms with Gasteiger partial charge in [0.05, 0.1) is 0 Å². The van der Waals surface area contributed by atoms with Crippen LogP contribution in [-0.4, -0.2) is 37.6 Å². The smallest absolute Gasteiger partial charge is 0.0107 e. The first-order valence-electron chi connectivity index (χ1n) is 5.42. The summed E-state index contributed by atoms with van der Waals surface area (Å²) in [6.45, 7) is 17.0. The summed E-state index contributed by atoms with van der Waals surface area (Å²) in [6, 6.07) is 0. The summed E-state index contributed by atoms with van der Waals surface area (Å²) in [5.41, 5.74) is 0.419. The van der Waals surface area contributed by atoms with E-state index in [0.29, 0.717) is 5.41 Å². The van der Waals surface area contributed by atoms with Crippen LogP contribution in [-0.2, 0) is 0 Å². The number of nitrogens with zero attached hydrogens (tertiary/aromatic N) is 1. The van der Waals surface area contributed by atoms with Gasteiger partial charge in [-0.15, -0.1) is 0 Å². The molecule has 2 nitrogen and oxygen atoms in total. The van der Waals surface area contributed by atoms with Gasteiger partial charge < -0.3 is 10.2 Å². The molecule has 0 rings (SSSR count). The van der Waals surface area contributed by atoms with Crippen LogP contribution in [0.15, 0.2) is 0 Å². The van der Waals surface area contributed by atoms with Crippen molar-refractivity contribution in [3.05, 3.63) is 0 Å². The van der Waals surface area contributed by atoms with Crippen LogP contribution in [0.25, 0.3) is 0 Å². The van der Waals surface area contributed by atoms with E-state index in [4.69, 9.17) is 0 Å². The van der Waals surface area contributed by atoms with Crippen molar-refractivity contribution < 1.29 is 0 Å². The molecule has 0 saturated carbocycles. The van der Waals surface area contributed by atoms with Crippen molar-refractivity contribution in [3.63, 3.8) is 0 Å². The summed E-state index contributed by atoms with van der Waals surface area (Å²) in [7, 11) is 0. The molecule has 1 N–H and O–H groups in total. The minimum atomic E-state index is 0.419. The molecule has 0 aliphatic heterocycles. The molecule has 0 spiro atoms. The second-order valence-corrected chi connectivity index (χ2v) is 4.78. The van der Waals surface area contributed by atoms with E-state index in [1.54, 1.807) is 0 Å². The standard InChI is InChI=1S/C11H26N2/c1-6-12-8-9-13(7-2)10-11(3,4)5/h12H,6-10H2,1-5H3. The van der Waals surface area contributed by atoms with Gasteiger partial charge in [-0.05, 0) is 18.5 Å². The molecule has 0 aliphatic rings. The SMILES string of the molecule is CCNCCN(CC)CC(C)(C)C. The van der Waals surface area contributed by atoms with Crippen LogP contribution in [0.2, 0.25) is 0 Å². The Morgan fingerprint density at radius 3 is 2.15 bits per heavy atom. The third kappa shape index (κ3) is 8.26. The predicted octanol–water partition coefficient (Wildman–Crippen LogP) is 1.96. The van der Waals surface area contributed by atoms with E-state index < -0.39 is 0 Å². The molecule has 13 heavy (non-hydrogen) atoms. The third-order valence-electron chi connectivity index (χ3n) is 2.00. The minimum absolute atomic E-state index is 0.419. The molecule has 0 fully saturated rings. The van der Waals surface area contributed by atoms with Crippen molar-refractivity contribution >= 4 is 0 Å². The number of likely N-dealkylation sites (N-methyl/N-ethyl adjacent to an activating group) is 2.